The van der Waals surface area contributed by atoms with Crippen LogP contribution in [0.15, 0.2) is 29.8 Å². The Morgan fingerprint density at radius 1 is 1.40 bits per heavy atom. The first-order valence-corrected chi connectivity index (χ1v) is 8.08. The summed E-state index contributed by atoms with van der Waals surface area (Å²) in [5.74, 6) is 1.05. The number of nitrogens with zero attached hydrogens (tertiary/aromatic N) is 1. The molecule has 0 amide bonds. The molecule has 1 aromatic heterocycles. The summed E-state index contributed by atoms with van der Waals surface area (Å²) in [5.41, 5.74) is 2.85. The van der Waals surface area contributed by atoms with E-state index >= 15 is 0 Å². The second-order valence-corrected chi connectivity index (χ2v) is 6.04. The molecule has 0 fully saturated rings. The highest BCUT2D eigenvalue weighted by Crippen LogP contribution is 2.34. The van der Waals surface area contributed by atoms with Crippen LogP contribution in [0.1, 0.15) is 35.1 Å². The fraction of sp³-hybridized carbons (Fsp3) is 0.438. The zero-order valence-electron chi connectivity index (χ0n) is 11.8. The second-order valence-electron chi connectivity index (χ2n) is 5.12. The van der Waals surface area contributed by atoms with Crippen molar-refractivity contribution in [3.8, 4) is 5.75 Å². The number of fused-ring (bicyclic) bond motifs is 1. The van der Waals surface area contributed by atoms with Crippen LogP contribution in [0, 0.1) is 0 Å². The molecule has 0 spiro atoms. The van der Waals surface area contributed by atoms with E-state index in [1.54, 1.807) is 11.3 Å². The molecule has 1 heterocycles. The summed E-state index contributed by atoms with van der Waals surface area (Å²) in [6, 6.07) is 6.43. The Hall–Kier alpha value is -1.39. The number of rotatable bonds is 6. The Morgan fingerprint density at radius 3 is 3.15 bits per heavy atom. The van der Waals surface area contributed by atoms with Gasteiger partial charge in [-0.15, -0.1) is 11.3 Å². The van der Waals surface area contributed by atoms with Crippen molar-refractivity contribution in [3.05, 3.63) is 45.9 Å². The molecule has 1 aromatic carbocycles. The lowest BCUT2D eigenvalue weighted by molar-refractivity contribution is 0.193. The first kappa shape index (κ1) is 13.6. The van der Waals surface area contributed by atoms with Gasteiger partial charge in [0.25, 0.3) is 0 Å². The molecule has 20 heavy (non-hydrogen) atoms. The molecule has 3 nitrogen and oxygen atoms in total. The maximum atomic E-state index is 6.31. The van der Waals surface area contributed by atoms with Crippen molar-refractivity contribution in [2.24, 2.45) is 0 Å². The van der Waals surface area contributed by atoms with Crippen molar-refractivity contribution in [2.75, 3.05) is 13.6 Å². The van der Waals surface area contributed by atoms with Gasteiger partial charge in [-0.2, -0.15) is 0 Å². The predicted molar refractivity (Wildman–Crippen MR) is 82.5 cm³/mol. The maximum Gasteiger partial charge on any atom is 0.151 e. The van der Waals surface area contributed by atoms with Gasteiger partial charge in [0.2, 0.25) is 0 Å². The number of aromatic nitrogens is 1. The van der Waals surface area contributed by atoms with Crippen LogP contribution in [0.2, 0.25) is 0 Å². The quantitative estimate of drug-likeness (QED) is 0.885. The van der Waals surface area contributed by atoms with Crippen molar-refractivity contribution in [1.29, 1.82) is 0 Å². The van der Waals surface area contributed by atoms with Gasteiger partial charge in [0.15, 0.2) is 6.10 Å². The van der Waals surface area contributed by atoms with Gasteiger partial charge in [-0.05, 0) is 50.0 Å². The molecule has 0 saturated carbocycles. The number of ether oxygens (including phenoxy) is 1. The van der Waals surface area contributed by atoms with E-state index in [0.717, 1.165) is 30.1 Å². The normalized spacial score (nSPS) is 15.1. The largest absolute Gasteiger partial charge is 0.483 e. The van der Waals surface area contributed by atoms with Crippen LogP contribution >= 0.6 is 11.3 Å². The van der Waals surface area contributed by atoms with Gasteiger partial charge >= 0.3 is 0 Å². The van der Waals surface area contributed by atoms with Crippen LogP contribution in [-0.4, -0.2) is 18.6 Å². The molecule has 0 bridgehead atoms. The summed E-state index contributed by atoms with van der Waals surface area (Å²) >= 11 is 1.67. The van der Waals surface area contributed by atoms with E-state index in [2.05, 4.69) is 28.5 Å². The molecule has 1 atom stereocenters. The van der Waals surface area contributed by atoms with Crippen LogP contribution in [-0.2, 0) is 12.8 Å². The standard InChI is InChI=1S/C16H20N2OS/c1-17-9-8-15(16-18-10-11-20-16)19-14-7-3-5-12-4-2-6-13(12)14/h3,5,7,10-11,15,17H,2,4,6,8-9H2,1H3. The average Bonchev–Trinajstić information content (AvgIpc) is 3.14. The van der Waals surface area contributed by atoms with Crippen LogP contribution in [0.3, 0.4) is 0 Å². The Balaban J connectivity index is 1.81. The van der Waals surface area contributed by atoms with Crippen molar-refractivity contribution in [1.82, 2.24) is 10.3 Å². The Kier molecular flexibility index (Phi) is 4.33. The molecule has 0 saturated heterocycles. The second kappa shape index (κ2) is 6.37. The van der Waals surface area contributed by atoms with Crippen LogP contribution in [0.25, 0.3) is 0 Å². The molecule has 106 valence electrons. The molecular formula is C16H20N2OS. The molecule has 1 unspecified atom stereocenters. The Morgan fingerprint density at radius 2 is 2.35 bits per heavy atom. The fourth-order valence-electron chi connectivity index (χ4n) is 2.75. The molecule has 0 aliphatic heterocycles. The van der Waals surface area contributed by atoms with Crippen molar-refractivity contribution in [3.63, 3.8) is 0 Å². The van der Waals surface area contributed by atoms with Crippen molar-refractivity contribution >= 4 is 11.3 Å². The van der Waals surface area contributed by atoms with Gasteiger partial charge in [0.1, 0.15) is 10.8 Å². The SMILES string of the molecule is CNCCC(Oc1cccc2c1CCC2)c1nccs1. The van der Waals surface area contributed by atoms with Crippen LogP contribution in [0.4, 0.5) is 0 Å². The molecular weight excluding hydrogens is 268 g/mol. The van der Waals surface area contributed by atoms with E-state index in [9.17, 15) is 0 Å². The first-order chi connectivity index (χ1) is 9.88. The summed E-state index contributed by atoms with van der Waals surface area (Å²) in [5, 5.41) is 6.28. The minimum absolute atomic E-state index is 0.0505. The van der Waals surface area contributed by atoms with Gasteiger partial charge in [-0.3, -0.25) is 0 Å². The van der Waals surface area contributed by atoms with E-state index in [0.29, 0.717) is 0 Å². The molecule has 1 N–H and O–H groups in total. The summed E-state index contributed by atoms with van der Waals surface area (Å²) in [6.45, 7) is 0.930. The number of hydrogen-bond acceptors (Lipinski definition) is 4. The van der Waals surface area contributed by atoms with E-state index in [-0.39, 0.29) is 6.10 Å². The zero-order valence-corrected chi connectivity index (χ0v) is 12.6. The Labute approximate surface area is 124 Å². The molecule has 2 aromatic rings. The number of hydrogen-bond donors (Lipinski definition) is 1. The van der Waals surface area contributed by atoms with Crippen LogP contribution < -0.4 is 10.1 Å². The molecule has 1 aliphatic carbocycles. The number of aryl methyl sites for hydroxylation is 1. The maximum absolute atomic E-state index is 6.31. The summed E-state index contributed by atoms with van der Waals surface area (Å²) < 4.78 is 6.31. The van der Waals surface area contributed by atoms with Crippen molar-refractivity contribution in [2.45, 2.75) is 31.8 Å². The van der Waals surface area contributed by atoms with Gasteiger partial charge in [0.05, 0.1) is 0 Å². The first-order valence-electron chi connectivity index (χ1n) is 7.20. The topological polar surface area (TPSA) is 34.1 Å². The monoisotopic (exact) mass is 288 g/mol. The van der Waals surface area contributed by atoms with Gasteiger partial charge in [-0.1, -0.05) is 12.1 Å². The van der Waals surface area contributed by atoms with Gasteiger partial charge in [-0.25, -0.2) is 4.98 Å². The molecule has 1 aliphatic rings. The molecule has 3 rings (SSSR count). The fourth-order valence-corrected chi connectivity index (χ4v) is 3.45. The van der Waals surface area contributed by atoms with Gasteiger partial charge in [0, 0.05) is 18.0 Å². The predicted octanol–water partition coefficient (Wildman–Crippen LogP) is 3.36. The Bertz CT molecular complexity index is 554. The molecule has 0 radical (unpaired) electrons. The number of benzene rings is 1. The zero-order chi connectivity index (χ0) is 13.8. The number of thiazole rings is 1. The molecule has 4 heteroatoms. The average molecular weight is 288 g/mol. The highest BCUT2D eigenvalue weighted by atomic mass is 32.1. The highest BCUT2D eigenvalue weighted by molar-refractivity contribution is 7.09. The van der Waals surface area contributed by atoms with E-state index in [4.69, 9.17) is 4.74 Å². The lowest BCUT2D eigenvalue weighted by atomic mass is 10.1. The van der Waals surface area contributed by atoms with E-state index in [1.165, 1.54) is 24.0 Å². The van der Waals surface area contributed by atoms with Crippen LogP contribution in [0.5, 0.6) is 5.75 Å². The minimum Gasteiger partial charge on any atom is -0.483 e. The summed E-state index contributed by atoms with van der Waals surface area (Å²) in [4.78, 5) is 4.42. The third-order valence-electron chi connectivity index (χ3n) is 3.76. The van der Waals surface area contributed by atoms with E-state index < -0.39 is 0 Å². The smallest absolute Gasteiger partial charge is 0.151 e. The lowest BCUT2D eigenvalue weighted by Gasteiger charge is -2.19. The number of nitrogens with one attached hydrogen (secondary N) is 1. The van der Waals surface area contributed by atoms with Crippen molar-refractivity contribution < 1.29 is 4.74 Å². The highest BCUT2D eigenvalue weighted by Gasteiger charge is 2.20. The van der Waals surface area contributed by atoms with Gasteiger partial charge < -0.3 is 10.1 Å². The third kappa shape index (κ3) is 2.86. The minimum atomic E-state index is 0.0505. The summed E-state index contributed by atoms with van der Waals surface area (Å²) in [6.07, 6.45) is 6.41. The lowest BCUT2D eigenvalue weighted by Crippen LogP contribution is -2.16. The summed E-state index contributed by atoms with van der Waals surface area (Å²) in [7, 11) is 1.97. The third-order valence-corrected chi connectivity index (χ3v) is 4.62. The van der Waals surface area contributed by atoms with E-state index in [1.807, 2.05) is 18.6 Å².